The van der Waals surface area contributed by atoms with E-state index < -0.39 is 15.8 Å². The van der Waals surface area contributed by atoms with Gasteiger partial charge < -0.3 is 9.80 Å². The second-order valence-corrected chi connectivity index (χ2v) is 9.59. The van der Waals surface area contributed by atoms with Gasteiger partial charge in [0.05, 0.1) is 10.6 Å². The molecule has 30 heavy (non-hydrogen) atoms. The molecule has 6 nitrogen and oxygen atoms in total. The number of carbonyl (C=O) groups excluding carboxylic acids is 1. The third-order valence-electron chi connectivity index (χ3n) is 5.88. The van der Waals surface area contributed by atoms with E-state index in [1.807, 2.05) is 0 Å². The first-order valence-corrected chi connectivity index (χ1v) is 11.8. The quantitative estimate of drug-likeness (QED) is 0.789. The van der Waals surface area contributed by atoms with Crippen LogP contribution in [0.4, 0.5) is 10.1 Å². The van der Waals surface area contributed by atoms with Crippen LogP contribution in [-0.2, 0) is 10.0 Å². The van der Waals surface area contributed by atoms with Crippen molar-refractivity contribution in [1.29, 1.82) is 0 Å². The summed E-state index contributed by atoms with van der Waals surface area (Å²) in [5.74, 6) is -0.686. The van der Waals surface area contributed by atoms with Crippen molar-refractivity contribution < 1.29 is 17.6 Å². The molecule has 2 aliphatic heterocycles. The average Bonchev–Trinajstić information content (AvgIpc) is 3.28. The normalized spacial score (nSPS) is 18.5. The first-order valence-electron chi connectivity index (χ1n) is 10.3. The molecule has 0 saturated carbocycles. The number of amides is 1. The number of sulfonamides is 1. The number of benzene rings is 2. The van der Waals surface area contributed by atoms with E-state index in [0.29, 0.717) is 24.7 Å². The maximum absolute atomic E-state index is 13.4. The molecule has 0 aliphatic carbocycles. The van der Waals surface area contributed by atoms with E-state index >= 15 is 0 Å². The van der Waals surface area contributed by atoms with Crippen LogP contribution in [0.3, 0.4) is 0 Å². The Labute approximate surface area is 176 Å². The molecule has 1 N–H and O–H groups in total. The Morgan fingerprint density at radius 2 is 1.67 bits per heavy atom. The third kappa shape index (κ3) is 4.65. The van der Waals surface area contributed by atoms with E-state index in [1.165, 1.54) is 43.2 Å². The van der Waals surface area contributed by atoms with Crippen LogP contribution in [0.1, 0.15) is 36.0 Å². The zero-order chi connectivity index (χ0) is 21.1. The van der Waals surface area contributed by atoms with Gasteiger partial charge in [0.15, 0.2) is 0 Å². The number of carbonyl (C=O) groups is 1. The molecule has 2 fully saturated rings. The van der Waals surface area contributed by atoms with Gasteiger partial charge in [-0.1, -0.05) is 12.1 Å². The van der Waals surface area contributed by atoms with Crippen molar-refractivity contribution in [3.8, 4) is 0 Å². The Balaban J connectivity index is 1.44. The van der Waals surface area contributed by atoms with Gasteiger partial charge in [-0.15, -0.1) is 0 Å². The van der Waals surface area contributed by atoms with Gasteiger partial charge in [0.1, 0.15) is 5.82 Å². The third-order valence-corrected chi connectivity index (χ3v) is 7.26. The fraction of sp³-hybridized carbons (Fsp3) is 0.409. The molecule has 0 bridgehead atoms. The summed E-state index contributed by atoms with van der Waals surface area (Å²) in [4.78, 5) is 17.3. The summed E-state index contributed by atoms with van der Waals surface area (Å²) in [6.07, 6.45) is 4.41. The van der Waals surface area contributed by atoms with E-state index in [1.54, 1.807) is 17.0 Å². The molecule has 2 heterocycles. The van der Waals surface area contributed by atoms with Crippen LogP contribution in [-0.4, -0.2) is 56.3 Å². The molecule has 1 amide bonds. The molecule has 2 aromatic carbocycles. The largest absolute Gasteiger partial charge is 0.339 e. The van der Waals surface area contributed by atoms with Crippen molar-refractivity contribution in [2.75, 3.05) is 30.9 Å². The molecule has 4 rings (SSSR count). The summed E-state index contributed by atoms with van der Waals surface area (Å²) >= 11 is 0. The van der Waals surface area contributed by atoms with E-state index in [0.717, 1.165) is 32.0 Å². The molecular weight excluding hydrogens is 405 g/mol. The molecule has 0 aromatic heterocycles. The molecule has 0 unspecified atom stereocenters. The highest BCUT2D eigenvalue weighted by Crippen LogP contribution is 2.23. The second-order valence-electron chi connectivity index (χ2n) is 7.91. The molecule has 0 spiro atoms. The summed E-state index contributed by atoms with van der Waals surface area (Å²) in [5.41, 5.74) is 0.479. The molecular formula is C22H26FN3O3S. The fourth-order valence-corrected chi connectivity index (χ4v) is 5.38. The molecule has 8 heteroatoms. The highest BCUT2D eigenvalue weighted by molar-refractivity contribution is 7.92. The number of nitrogens with one attached hydrogen (secondary N) is 1. The van der Waals surface area contributed by atoms with Crippen molar-refractivity contribution in [3.63, 3.8) is 0 Å². The molecule has 0 atom stereocenters. The van der Waals surface area contributed by atoms with Crippen molar-refractivity contribution in [3.05, 3.63) is 59.9 Å². The highest BCUT2D eigenvalue weighted by Gasteiger charge is 2.29. The lowest BCUT2D eigenvalue weighted by atomic mass is 10.0. The van der Waals surface area contributed by atoms with Gasteiger partial charge in [-0.3, -0.25) is 9.52 Å². The van der Waals surface area contributed by atoms with Gasteiger partial charge >= 0.3 is 0 Å². The van der Waals surface area contributed by atoms with E-state index in [-0.39, 0.29) is 16.5 Å². The zero-order valence-electron chi connectivity index (χ0n) is 16.8. The highest BCUT2D eigenvalue weighted by atomic mass is 32.2. The van der Waals surface area contributed by atoms with Crippen molar-refractivity contribution in [1.82, 2.24) is 9.80 Å². The van der Waals surface area contributed by atoms with Crippen LogP contribution in [0, 0.1) is 5.82 Å². The molecule has 160 valence electrons. The number of piperidine rings is 1. The molecule has 0 radical (unpaired) electrons. The number of hydrogen-bond acceptors (Lipinski definition) is 4. The minimum absolute atomic E-state index is 0.0236. The van der Waals surface area contributed by atoms with E-state index in [4.69, 9.17) is 0 Å². The summed E-state index contributed by atoms with van der Waals surface area (Å²) in [7, 11) is -3.93. The monoisotopic (exact) mass is 431 g/mol. The fourth-order valence-electron chi connectivity index (χ4n) is 4.29. The van der Waals surface area contributed by atoms with Gasteiger partial charge in [-0.2, -0.15) is 0 Å². The number of anilines is 1. The Morgan fingerprint density at radius 1 is 0.967 bits per heavy atom. The topological polar surface area (TPSA) is 69.7 Å². The summed E-state index contributed by atoms with van der Waals surface area (Å²) in [6, 6.07) is 11.8. The van der Waals surface area contributed by atoms with Crippen molar-refractivity contribution in [2.24, 2.45) is 0 Å². The Morgan fingerprint density at radius 3 is 2.37 bits per heavy atom. The number of halogens is 1. The van der Waals surface area contributed by atoms with Crippen LogP contribution >= 0.6 is 0 Å². The van der Waals surface area contributed by atoms with Crippen LogP contribution in [0.5, 0.6) is 0 Å². The second kappa shape index (κ2) is 8.73. The lowest BCUT2D eigenvalue weighted by Crippen LogP contribution is -2.45. The lowest BCUT2D eigenvalue weighted by Gasteiger charge is -2.36. The van der Waals surface area contributed by atoms with E-state index in [2.05, 4.69) is 9.62 Å². The van der Waals surface area contributed by atoms with E-state index in [9.17, 15) is 17.6 Å². The Kier molecular flexibility index (Phi) is 6.06. The van der Waals surface area contributed by atoms with Gasteiger partial charge in [0, 0.05) is 24.7 Å². The maximum Gasteiger partial charge on any atom is 0.261 e. The predicted octanol–water partition coefficient (Wildman–Crippen LogP) is 3.33. The minimum Gasteiger partial charge on any atom is -0.339 e. The predicted molar refractivity (Wildman–Crippen MR) is 113 cm³/mol. The lowest BCUT2D eigenvalue weighted by molar-refractivity contribution is 0.0644. The number of rotatable bonds is 5. The number of hydrogen-bond donors (Lipinski definition) is 1. The zero-order valence-corrected chi connectivity index (χ0v) is 17.6. The summed E-state index contributed by atoms with van der Waals surface area (Å²) in [6.45, 7) is 3.66. The first kappa shape index (κ1) is 20.8. The Hall–Kier alpha value is -2.45. The standard InChI is InChI=1S/C22H26FN3O3S/c23-18-6-4-7-19(16-18)24-30(28,29)21-8-3-5-17(15-21)22(27)26-13-9-20(10-14-26)25-11-1-2-12-25/h3-8,15-16,20,24H,1-2,9-14H2. The van der Waals surface area contributed by atoms with Crippen LogP contribution in [0.2, 0.25) is 0 Å². The number of nitrogens with zero attached hydrogens (tertiary/aromatic N) is 2. The van der Waals surface area contributed by atoms with Gasteiger partial charge in [0.2, 0.25) is 0 Å². The van der Waals surface area contributed by atoms with Crippen LogP contribution in [0.25, 0.3) is 0 Å². The molecule has 2 aromatic rings. The van der Waals surface area contributed by atoms with Gasteiger partial charge in [0.25, 0.3) is 15.9 Å². The SMILES string of the molecule is O=C(c1cccc(S(=O)(=O)Nc2cccc(F)c2)c1)N1CCC(N2CCCC2)CC1. The minimum atomic E-state index is -3.93. The van der Waals surface area contributed by atoms with Crippen LogP contribution < -0.4 is 4.72 Å². The molecule has 2 saturated heterocycles. The Bertz CT molecular complexity index is 1010. The van der Waals surface area contributed by atoms with Crippen molar-refractivity contribution >= 4 is 21.6 Å². The average molecular weight is 432 g/mol. The number of likely N-dealkylation sites (tertiary alicyclic amines) is 2. The first-order chi connectivity index (χ1) is 14.4. The summed E-state index contributed by atoms with van der Waals surface area (Å²) in [5, 5.41) is 0. The van der Waals surface area contributed by atoms with Crippen LogP contribution in [0.15, 0.2) is 53.4 Å². The van der Waals surface area contributed by atoms with Gasteiger partial charge in [-0.25, -0.2) is 12.8 Å². The smallest absolute Gasteiger partial charge is 0.261 e. The molecule has 2 aliphatic rings. The van der Waals surface area contributed by atoms with Crippen molar-refractivity contribution in [2.45, 2.75) is 36.6 Å². The van der Waals surface area contributed by atoms with Gasteiger partial charge in [-0.05, 0) is 75.2 Å². The summed E-state index contributed by atoms with van der Waals surface area (Å²) < 4.78 is 41.1. The maximum atomic E-state index is 13.4.